The van der Waals surface area contributed by atoms with Crippen molar-refractivity contribution in [3.05, 3.63) is 59.4 Å². The maximum absolute atomic E-state index is 13.4. The van der Waals surface area contributed by atoms with E-state index in [1.54, 1.807) is 6.07 Å². The second kappa shape index (κ2) is 6.74. The first-order valence-corrected chi connectivity index (χ1v) is 6.95. The van der Waals surface area contributed by atoms with Crippen molar-refractivity contribution in [2.24, 2.45) is 0 Å². The minimum atomic E-state index is -1.79. The van der Waals surface area contributed by atoms with Gasteiger partial charge < -0.3 is 14.9 Å². The number of rotatable bonds is 5. The molecule has 0 aliphatic heterocycles. The lowest BCUT2D eigenvalue weighted by atomic mass is 9.79. The molecule has 0 saturated heterocycles. The van der Waals surface area contributed by atoms with Crippen molar-refractivity contribution < 1.29 is 14.4 Å². The van der Waals surface area contributed by atoms with Crippen LogP contribution in [-0.2, 0) is 13.0 Å². The van der Waals surface area contributed by atoms with Gasteiger partial charge in [-0.1, -0.05) is 31.2 Å². The van der Waals surface area contributed by atoms with Gasteiger partial charge in [-0.25, -0.2) is 4.39 Å². The van der Waals surface area contributed by atoms with Gasteiger partial charge in [-0.2, -0.15) is 0 Å². The summed E-state index contributed by atoms with van der Waals surface area (Å²) >= 11 is 0. The van der Waals surface area contributed by atoms with Crippen LogP contribution in [0.4, 0.5) is 10.1 Å². The second-order valence-corrected chi connectivity index (χ2v) is 5.11. The van der Waals surface area contributed by atoms with Crippen molar-refractivity contribution in [1.29, 1.82) is 0 Å². The zero-order valence-electron chi connectivity index (χ0n) is 12.3. The number of hydrogen-bond acceptors (Lipinski definition) is 3. The molecule has 0 aliphatic rings. The van der Waals surface area contributed by atoms with Crippen LogP contribution >= 0.6 is 0 Å². The Balaban J connectivity index is 2.14. The maximum Gasteiger partial charge on any atom is 0.491 e. The molecule has 0 amide bonds. The zero-order chi connectivity index (χ0) is 15.4. The number of halogens is 1. The Hall–Kier alpha value is -1.85. The molecule has 21 heavy (non-hydrogen) atoms. The van der Waals surface area contributed by atoms with Crippen molar-refractivity contribution in [2.75, 3.05) is 11.9 Å². The molecule has 0 bridgehead atoms. The lowest BCUT2D eigenvalue weighted by Crippen LogP contribution is -2.33. The van der Waals surface area contributed by atoms with Crippen LogP contribution in [-0.4, -0.2) is 24.2 Å². The van der Waals surface area contributed by atoms with Crippen molar-refractivity contribution in [3.8, 4) is 0 Å². The van der Waals surface area contributed by atoms with Crippen LogP contribution in [0, 0.1) is 5.82 Å². The van der Waals surface area contributed by atoms with Gasteiger partial charge in [0.1, 0.15) is 5.82 Å². The minimum Gasteiger partial charge on any atom is -0.423 e. The Kier molecular flexibility index (Phi) is 4.99. The van der Waals surface area contributed by atoms with Crippen molar-refractivity contribution in [3.63, 3.8) is 0 Å². The van der Waals surface area contributed by atoms with Crippen molar-refractivity contribution in [2.45, 2.75) is 19.9 Å². The lowest BCUT2D eigenvalue weighted by molar-refractivity contribution is 0.423. The Bertz CT molecular complexity index is 602. The molecule has 5 heteroatoms. The van der Waals surface area contributed by atoms with Gasteiger partial charge in [-0.3, -0.25) is 0 Å². The average molecular weight is 287 g/mol. The Morgan fingerprint density at radius 3 is 2.24 bits per heavy atom. The summed E-state index contributed by atoms with van der Waals surface area (Å²) in [5, 5.41) is 18.3. The Morgan fingerprint density at radius 2 is 1.67 bits per heavy atom. The molecule has 3 nitrogen and oxygen atoms in total. The van der Waals surface area contributed by atoms with Crippen LogP contribution < -0.4 is 10.4 Å². The van der Waals surface area contributed by atoms with E-state index in [1.165, 1.54) is 17.7 Å². The van der Waals surface area contributed by atoms with Crippen LogP contribution in [0.3, 0.4) is 0 Å². The second-order valence-electron chi connectivity index (χ2n) is 5.11. The fourth-order valence-corrected chi connectivity index (χ4v) is 2.24. The Morgan fingerprint density at radius 1 is 1.05 bits per heavy atom. The van der Waals surface area contributed by atoms with Crippen LogP contribution in [0.2, 0.25) is 0 Å². The molecule has 0 aromatic heterocycles. The molecular weight excluding hydrogens is 268 g/mol. The smallest absolute Gasteiger partial charge is 0.423 e. The quantitative estimate of drug-likeness (QED) is 0.823. The molecule has 2 aromatic rings. The third-order valence-corrected chi connectivity index (χ3v) is 3.54. The van der Waals surface area contributed by atoms with Crippen molar-refractivity contribution in [1.82, 2.24) is 0 Å². The van der Waals surface area contributed by atoms with Gasteiger partial charge in [0.25, 0.3) is 0 Å². The van der Waals surface area contributed by atoms with E-state index in [1.807, 2.05) is 24.1 Å². The molecule has 0 fully saturated rings. The number of aryl methyl sites for hydroxylation is 1. The highest BCUT2D eigenvalue weighted by Gasteiger charge is 2.17. The summed E-state index contributed by atoms with van der Waals surface area (Å²) in [7, 11) is 0.151. The number of anilines is 1. The first-order chi connectivity index (χ1) is 10.0. The zero-order valence-corrected chi connectivity index (χ0v) is 12.3. The summed E-state index contributed by atoms with van der Waals surface area (Å²) in [6.07, 6.45) is 1.000. The molecule has 0 radical (unpaired) electrons. The highest BCUT2D eigenvalue weighted by molar-refractivity contribution is 6.58. The van der Waals surface area contributed by atoms with Crippen LogP contribution in [0.15, 0.2) is 42.5 Å². The van der Waals surface area contributed by atoms with Gasteiger partial charge in [0.2, 0.25) is 0 Å². The van der Waals surface area contributed by atoms with E-state index < -0.39 is 12.9 Å². The summed E-state index contributed by atoms with van der Waals surface area (Å²) in [5.41, 5.74) is 3.06. The topological polar surface area (TPSA) is 43.7 Å². The van der Waals surface area contributed by atoms with E-state index in [9.17, 15) is 4.39 Å². The van der Waals surface area contributed by atoms with Gasteiger partial charge in [0, 0.05) is 24.7 Å². The van der Waals surface area contributed by atoms with Gasteiger partial charge >= 0.3 is 7.12 Å². The summed E-state index contributed by atoms with van der Waals surface area (Å²) in [4.78, 5) is 2.03. The SMILES string of the molecule is CCc1ccc(N(C)Cc2ccc(F)c(B(O)O)c2)cc1. The first kappa shape index (κ1) is 15.5. The molecule has 2 N–H and O–H groups in total. The van der Waals surface area contributed by atoms with Crippen molar-refractivity contribution >= 4 is 18.3 Å². The molecule has 110 valence electrons. The molecule has 0 unspecified atom stereocenters. The Labute approximate surface area is 124 Å². The fraction of sp³-hybridized carbons (Fsp3) is 0.250. The minimum absolute atomic E-state index is 0.0952. The van der Waals surface area contributed by atoms with E-state index in [4.69, 9.17) is 10.0 Å². The molecular formula is C16H19BFNO2. The highest BCUT2D eigenvalue weighted by Crippen LogP contribution is 2.16. The first-order valence-electron chi connectivity index (χ1n) is 6.95. The predicted octanol–water partition coefficient (Wildman–Crippen LogP) is 1.70. The predicted molar refractivity (Wildman–Crippen MR) is 84.2 cm³/mol. The molecule has 2 aromatic carbocycles. The molecule has 0 atom stereocenters. The summed E-state index contributed by atoms with van der Waals surface area (Å²) < 4.78 is 13.4. The van der Waals surface area contributed by atoms with E-state index in [-0.39, 0.29) is 5.46 Å². The lowest BCUT2D eigenvalue weighted by Gasteiger charge is -2.20. The fourth-order valence-electron chi connectivity index (χ4n) is 2.24. The van der Waals surface area contributed by atoms with E-state index in [2.05, 4.69) is 19.1 Å². The molecule has 2 rings (SSSR count). The summed E-state index contributed by atoms with van der Waals surface area (Å²) in [6.45, 7) is 2.67. The van der Waals surface area contributed by atoms with Gasteiger partial charge in [0.15, 0.2) is 0 Å². The number of nitrogens with zero attached hydrogens (tertiary/aromatic N) is 1. The molecule has 0 saturated carbocycles. The van der Waals surface area contributed by atoms with E-state index in [0.717, 1.165) is 17.7 Å². The summed E-state index contributed by atoms with van der Waals surface area (Å²) in [5.74, 6) is -0.608. The number of benzene rings is 2. The van der Waals surface area contributed by atoms with Crippen LogP contribution in [0.25, 0.3) is 0 Å². The largest absolute Gasteiger partial charge is 0.491 e. The highest BCUT2D eigenvalue weighted by atomic mass is 19.1. The van der Waals surface area contributed by atoms with E-state index >= 15 is 0 Å². The van der Waals surface area contributed by atoms with Crippen LogP contribution in [0.1, 0.15) is 18.1 Å². The maximum atomic E-state index is 13.4. The van der Waals surface area contributed by atoms with Gasteiger partial charge in [0.05, 0.1) is 0 Å². The third-order valence-electron chi connectivity index (χ3n) is 3.54. The molecule has 0 spiro atoms. The average Bonchev–Trinajstić information content (AvgIpc) is 2.49. The van der Waals surface area contributed by atoms with Gasteiger partial charge in [-0.05, 0) is 35.7 Å². The molecule has 0 aliphatic carbocycles. The molecule has 0 heterocycles. The standard InChI is InChI=1S/C16H19BFNO2/c1-3-12-4-7-14(8-5-12)19(2)11-13-6-9-16(18)15(10-13)17(20)21/h4-10,20-21H,3,11H2,1-2H3. The van der Waals surface area contributed by atoms with Crippen LogP contribution in [0.5, 0.6) is 0 Å². The van der Waals surface area contributed by atoms with Gasteiger partial charge in [-0.15, -0.1) is 0 Å². The third kappa shape index (κ3) is 3.83. The monoisotopic (exact) mass is 287 g/mol. The normalized spacial score (nSPS) is 10.5. The number of hydrogen-bond donors (Lipinski definition) is 2. The van der Waals surface area contributed by atoms with E-state index in [0.29, 0.717) is 6.54 Å². The summed E-state index contributed by atoms with van der Waals surface area (Å²) in [6, 6.07) is 12.7.